The highest BCUT2D eigenvalue weighted by molar-refractivity contribution is 7.13. The Hall–Kier alpha value is -1.63. The number of hydrogen-bond acceptors (Lipinski definition) is 4. The van der Waals surface area contributed by atoms with Gasteiger partial charge in [-0.25, -0.2) is 4.98 Å². The van der Waals surface area contributed by atoms with E-state index in [-0.39, 0.29) is 23.0 Å². The molecule has 1 aromatic heterocycles. The van der Waals surface area contributed by atoms with Crippen molar-refractivity contribution in [3.8, 4) is 0 Å². The smallest absolute Gasteiger partial charge is 0.253 e. The minimum Gasteiger partial charge on any atom is -0.343 e. The minimum atomic E-state index is -0.418. The summed E-state index contributed by atoms with van der Waals surface area (Å²) in [5.41, 5.74) is 1.79. The van der Waals surface area contributed by atoms with Crippen LogP contribution in [0.5, 0.6) is 0 Å². The van der Waals surface area contributed by atoms with Crippen molar-refractivity contribution in [3.63, 3.8) is 0 Å². The van der Waals surface area contributed by atoms with Crippen molar-refractivity contribution < 1.29 is 9.59 Å². The Labute approximate surface area is 195 Å². The lowest BCUT2D eigenvalue weighted by atomic mass is 9.48. The van der Waals surface area contributed by atoms with E-state index in [4.69, 9.17) is 23.2 Å². The van der Waals surface area contributed by atoms with Crippen molar-refractivity contribution in [3.05, 3.63) is 44.9 Å². The lowest BCUT2D eigenvalue weighted by molar-refractivity contribution is -0.115. The van der Waals surface area contributed by atoms with Crippen molar-refractivity contribution in [1.29, 1.82) is 0 Å². The van der Waals surface area contributed by atoms with Gasteiger partial charge >= 0.3 is 0 Å². The Balaban J connectivity index is 1.15. The zero-order valence-electron chi connectivity index (χ0n) is 17.1. The largest absolute Gasteiger partial charge is 0.343 e. The van der Waals surface area contributed by atoms with Gasteiger partial charge in [-0.05, 0) is 86.3 Å². The van der Waals surface area contributed by atoms with Crippen LogP contribution in [0.2, 0.25) is 10.0 Å². The first-order valence-corrected chi connectivity index (χ1v) is 12.5. The summed E-state index contributed by atoms with van der Waals surface area (Å²) in [6.07, 6.45) is 9.36. The third-order valence-electron chi connectivity index (χ3n) is 7.10. The highest BCUT2D eigenvalue weighted by Crippen LogP contribution is 2.61. The quantitative estimate of drug-likeness (QED) is 0.570. The highest BCUT2D eigenvalue weighted by atomic mass is 35.5. The van der Waals surface area contributed by atoms with Crippen LogP contribution in [0, 0.1) is 23.2 Å². The molecule has 0 radical (unpaired) electrons. The molecule has 2 N–H and O–H groups in total. The average Bonchev–Trinajstić information content (AvgIpc) is 3.11. The average molecular weight is 478 g/mol. The van der Waals surface area contributed by atoms with E-state index in [1.807, 2.05) is 0 Å². The number of nitrogens with zero attached hydrogens (tertiary/aromatic N) is 1. The van der Waals surface area contributed by atoms with E-state index < -0.39 is 5.91 Å². The van der Waals surface area contributed by atoms with Crippen molar-refractivity contribution >= 4 is 51.5 Å². The van der Waals surface area contributed by atoms with E-state index >= 15 is 0 Å². The molecule has 4 fully saturated rings. The van der Waals surface area contributed by atoms with Gasteiger partial charge in [0, 0.05) is 10.4 Å². The van der Waals surface area contributed by atoms with E-state index in [1.54, 1.807) is 6.07 Å². The molecule has 2 aromatic rings. The van der Waals surface area contributed by atoms with Crippen LogP contribution in [0.25, 0.3) is 0 Å². The van der Waals surface area contributed by atoms with Crippen LogP contribution >= 0.6 is 34.5 Å². The molecule has 2 amide bonds. The van der Waals surface area contributed by atoms with Crippen LogP contribution in [0.4, 0.5) is 5.13 Å². The molecule has 0 unspecified atom stereocenters. The fourth-order valence-corrected chi connectivity index (χ4v) is 7.65. The minimum absolute atomic E-state index is 0.151. The fourth-order valence-electron chi connectivity index (χ4n) is 6.43. The molecule has 4 bridgehead atoms. The maximum Gasteiger partial charge on any atom is 0.253 e. The summed E-state index contributed by atoms with van der Waals surface area (Å²) < 4.78 is 0. The van der Waals surface area contributed by atoms with Gasteiger partial charge < -0.3 is 10.6 Å². The van der Waals surface area contributed by atoms with Gasteiger partial charge in [-0.15, -0.1) is 11.3 Å². The Bertz CT molecular complexity index is 987. The summed E-state index contributed by atoms with van der Waals surface area (Å²) in [6, 6.07) is 4.62. The second-order valence-electron chi connectivity index (χ2n) is 9.59. The third kappa shape index (κ3) is 4.62. The number of halogens is 2. The van der Waals surface area contributed by atoms with Gasteiger partial charge in [0.15, 0.2) is 5.13 Å². The van der Waals surface area contributed by atoms with Gasteiger partial charge in [0.2, 0.25) is 5.91 Å². The highest BCUT2D eigenvalue weighted by Gasteiger charge is 2.50. The number of carbonyl (C=O) groups excluding carboxylic acids is 2. The second-order valence-corrected chi connectivity index (χ2v) is 11.3. The van der Waals surface area contributed by atoms with Crippen LogP contribution < -0.4 is 10.6 Å². The van der Waals surface area contributed by atoms with Crippen LogP contribution in [-0.2, 0) is 11.2 Å². The van der Waals surface area contributed by atoms with E-state index in [0.29, 0.717) is 15.6 Å². The van der Waals surface area contributed by atoms with E-state index in [2.05, 4.69) is 21.0 Å². The zero-order valence-corrected chi connectivity index (χ0v) is 19.5. The molecule has 1 aromatic carbocycles. The van der Waals surface area contributed by atoms with Crippen molar-refractivity contribution in [2.75, 3.05) is 11.9 Å². The normalized spacial score (nSPS) is 28.5. The molecule has 8 heteroatoms. The van der Waals surface area contributed by atoms with Gasteiger partial charge in [0.05, 0.1) is 22.8 Å². The summed E-state index contributed by atoms with van der Waals surface area (Å²) in [4.78, 5) is 29.2. The number of carbonyl (C=O) groups is 2. The van der Waals surface area contributed by atoms with Gasteiger partial charge in [0.25, 0.3) is 5.91 Å². The number of amides is 2. The Morgan fingerprint density at radius 1 is 1.10 bits per heavy atom. The maximum atomic E-state index is 12.3. The van der Waals surface area contributed by atoms with Gasteiger partial charge in [-0.3, -0.25) is 9.59 Å². The standard InChI is InChI=1S/C23H25Cl2N3O2S/c24-16-1-2-18(19(25)6-16)21(30)26-11-20(29)28-22-27-17(12-31-22)10-23-7-13-3-14(8-23)5-15(4-13)9-23/h1-2,6,12-15H,3-5,7-11H2,(H,26,30)(H,27,28,29). The zero-order chi connectivity index (χ0) is 21.6. The summed E-state index contributed by atoms with van der Waals surface area (Å²) in [6.45, 7) is -0.151. The molecular formula is C23H25Cl2N3O2S. The molecule has 4 saturated carbocycles. The molecule has 164 valence electrons. The topological polar surface area (TPSA) is 71.1 Å². The first-order chi connectivity index (χ1) is 14.9. The number of aromatic nitrogens is 1. The van der Waals surface area contributed by atoms with Crippen LogP contribution in [-0.4, -0.2) is 23.3 Å². The first kappa shape index (κ1) is 21.2. The van der Waals surface area contributed by atoms with Crippen LogP contribution in [0.15, 0.2) is 23.6 Å². The number of hydrogen-bond donors (Lipinski definition) is 2. The summed E-state index contributed by atoms with van der Waals surface area (Å²) in [7, 11) is 0. The molecule has 0 aliphatic heterocycles. The molecular weight excluding hydrogens is 453 g/mol. The molecule has 4 aliphatic carbocycles. The van der Waals surface area contributed by atoms with Crippen molar-refractivity contribution in [2.45, 2.75) is 44.9 Å². The predicted molar refractivity (Wildman–Crippen MR) is 124 cm³/mol. The maximum absolute atomic E-state index is 12.3. The van der Waals surface area contributed by atoms with Gasteiger partial charge in [-0.2, -0.15) is 0 Å². The van der Waals surface area contributed by atoms with Crippen LogP contribution in [0.1, 0.15) is 54.6 Å². The van der Waals surface area contributed by atoms with Gasteiger partial charge in [0.1, 0.15) is 0 Å². The first-order valence-electron chi connectivity index (χ1n) is 10.8. The van der Waals surface area contributed by atoms with E-state index in [0.717, 1.165) is 29.9 Å². The van der Waals surface area contributed by atoms with Gasteiger partial charge in [-0.1, -0.05) is 23.2 Å². The SMILES string of the molecule is O=C(CNC(=O)c1ccc(Cl)cc1Cl)Nc1nc(CC23CC4CC(CC(C4)C2)C3)cs1. The molecule has 31 heavy (non-hydrogen) atoms. The number of anilines is 1. The fraction of sp³-hybridized carbons (Fsp3) is 0.522. The lowest BCUT2D eigenvalue weighted by Gasteiger charge is -2.56. The Morgan fingerprint density at radius 3 is 2.42 bits per heavy atom. The molecule has 5 nitrogen and oxygen atoms in total. The van der Waals surface area contributed by atoms with E-state index in [9.17, 15) is 9.59 Å². The van der Waals surface area contributed by atoms with Crippen molar-refractivity contribution in [1.82, 2.24) is 10.3 Å². The molecule has 0 saturated heterocycles. The number of thiazole rings is 1. The summed E-state index contributed by atoms with van der Waals surface area (Å²) in [5.74, 6) is 2.03. The molecule has 6 rings (SSSR count). The summed E-state index contributed by atoms with van der Waals surface area (Å²) in [5, 5.41) is 8.75. The molecule has 0 spiro atoms. The number of rotatable bonds is 6. The molecule has 0 atom stereocenters. The predicted octanol–water partition coefficient (Wildman–Crippen LogP) is 5.58. The number of nitrogens with one attached hydrogen (secondary N) is 2. The van der Waals surface area contributed by atoms with Crippen molar-refractivity contribution in [2.24, 2.45) is 23.2 Å². The summed E-state index contributed by atoms with van der Waals surface area (Å²) >= 11 is 13.3. The van der Waals surface area contributed by atoms with Crippen LogP contribution in [0.3, 0.4) is 0 Å². The monoisotopic (exact) mass is 477 g/mol. The molecule has 4 aliphatic rings. The molecule has 1 heterocycles. The Kier molecular flexibility index (Phi) is 5.74. The second kappa shape index (κ2) is 8.38. The number of benzene rings is 1. The van der Waals surface area contributed by atoms with E-state index in [1.165, 1.54) is 62.0 Å². The third-order valence-corrected chi connectivity index (χ3v) is 8.46. The lowest BCUT2D eigenvalue weighted by Crippen LogP contribution is -2.47. The Morgan fingerprint density at radius 2 is 1.77 bits per heavy atom.